The number of nitrogens with one attached hydrogen (secondary N) is 2. The molecule has 0 unspecified atom stereocenters. The molecule has 26 heavy (non-hydrogen) atoms. The summed E-state index contributed by atoms with van der Waals surface area (Å²) in [5.41, 5.74) is 0. The number of amides is 1. The maximum absolute atomic E-state index is 12.6. The van der Waals surface area contributed by atoms with Gasteiger partial charge < -0.3 is 5.32 Å². The van der Waals surface area contributed by atoms with E-state index in [1.807, 2.05) is 0 Å². The van der Waals surface area contributed by atoms with Crippen molar-refractivity contribution in [2.45, 2.75) is 39.3 Å². The molecular formula is C16H18N2O5S3. The molecule has 1 fully saturated rings. The Morgan fingerprint density at radius 1 is 1.04 bits per heavy atom. The Bertz CT molecular complexity index is 998. The molecule has 1 amide bonds. The quantitative estimate of drug-likeness (QED) is 0.771. The number of benzene rings is 1. The normalized spacial score (nSPS) is 18.9. The average molecular weight is 415 g/mol. The number of carbonyl (C=O) groups is 1. The lowest BCUT2D eigenvalue weighted by Crippen LogP contribution is -2.45. The molecule has 0 saturated carbocycles. The summed E-state index contributed by atoms with van der Waals surface area (Å²) in [6.07, 6.45) is 1.93. The summed E-state index contributed by atoms with van der Waals surface area (Å²) in [5, 5.41) is 3.96. The Kier molecular flexibility index (Phi) is 5.47. The van der Waals surface area contributed by atoms with Gasteiger partial charge in [-0.2, -0.15) is 4.72 Å². The lowest BCUT2D eigenvalue weighted by atomic mass is 10.1. The number of thiophene rings is 1. The van der Waals surface area contributed by atoms with Gasteiger partial charge in [-0.05, 0) is 37.5 Å². The number of hydrogen-bond donors (Lipinski definition) is 2. The Morgan fingerprint density at radius 2 is 1.77 bits per heavy atom. The van der Waals surface area contributed by atoms with Gasteiger partial charge in [0.25, 0.3) is 10.0 Å². The maximum atomic E-state index is 12.6. The first-order chi connectivity index (χ1) is 12.3. The highest BCUT2D eigenvalue weighted by Crippen LogP contribution is 2.28. The minimum Gasteiger partial charge on any atom is -0.355 e. The van der Waals surface area contributed by atoms with Crippen molar-refractivity contribution in [2.24, 2.45) is 0 Å². The van der Waals surface area contributed by atoms with Crippen LogP contribution in [0.2, 0.25) is 0 Å². The van der Waals surface area contributed by atoms with E-state index < -0.39 is 25.9 Å². The van der Waals surface area contributed by atoms with Crippen LogP contribution in [0, 0.1) is 0 Å². The molecule has 1 aromatic carbocycles. The van der Waals surface area contributed by atoms with Crippen molar-refractivity contribution in [2.75, 3.05) is 6.54 Å². The van der Waals surface area contributed by atoms with Gasteiger partial charge in [0.05, 0.1) is 9.79 Å². The molecule has 1 atom stereocenters. The smallest absolute Gasteiger partial charge is 0.250 e. The van der Waals surface area contributed by atoms with Crippen LogP contribution in [0.25, 0.3) is 0 Å². The van der Waals surface area contributed by atoms with E-state index in [0.29, 0.717) is 13.0 Å². The number of sulfonamides is 1. The molecule has 140 valence electrons. The lowest BCUT2D eigenvalue weighted by molar-refractivity contribution is -0.122. The van der Waals surface area contributed by atoms with Crippen LogP contribution in [0.4, 0.5) is 0 Å². The number of rotatable bonds is 5. The van der Waals surface area contributed by atoms with E-state index in [1.54, 1.807) is 18.2 Å². The minimum atomic E-state index is -3.99. The van der Waals surface area contributed by atoms with Gasteiger partial charge in [-0.1, -0.05) is 18.2 Å². The summed E-state index contributed by atoms with van der Waals surface area (Å²) >= 11 is 0.812. The van der Waals surface area contributed by atoms with Crippen LogP contribution >= 0.6 is 11.3 Å². The first-order valence-electron chi connectivity index (χ1n) is 7.99. The van der Waals surface area contributed by atoms with Crippen LogP contribution in [-0.4, -0.2) is 35.3 Å². The van der Waals surface area contributed by atoms with Crippen LogP contribution < -0.4 is 10.0 Å². The van der Waals surface area contributed by atoms with Gasteiger partial charge in [-0.3, -0.25) is 4.79 Å². The van der Waals surface area contributed by atoms with Crippen LogP contribution in [0.1, 0.15) is 19.3 Å². The van der Waals surface area contributed by atoms with Gasteiger partial charge >= 0.3 is 0 Å². The Morgan fingerprint density at radius 3 is 2.50 bits per heavy atom. The fourth-order valence-corrected chi connectivity index (χ4v) is 6.76. The SMILES string of the molecule is O=C1NCCCC[C@@H]1NS(=O)(=O)c1cc(S(=O)(=O)c2ccccc2)cs1. The van der Waals surface area contributed by atoms with E-state index in [-0.39, 0.29) is 19.9 Å². The van der Waals surface area contributed by atoms with E-state index in [0.717, 1.165) is 30.2 Å². The number of hydrogen-bond acceptors (Lipinski definition) is 6. The first-order valence-corrected chi connectivity index (χ1v) is 11.8. The van der Waals surface area contributed by atoms with Crippen molar-refractivity contribution in [1.82, 2.24) is 10.0 Å². The largest absolute Gasteiger partial charge is 0.355 e. The minimum absolute atomic E-state index is 0.0839. The second kappa shape index (κ2) is 7.47. The molecule has 0 radical (unpaired) electrons. The average Bonchev–Trinajstić information content (AvgIpc) is 3.05. The van der Waals surface area contributed by atoms with Crippen molar-refractivity contribution < 1.29 is 21.6 Å². The number of carbonyl (C=O) groups excluding carboxylic acids is 1. The summed E-state index contributed by atoms with van der Waals surface area (Å²) < 4.78 is 52.5. The Hall–Kier alpha value is -1.75. The van der Waals surface area contributed by atoms with Crippen LogP contribution in [0.15, 0.2) is 55.8 Å². The maximum Gasteiger partial charge on any atom is 0.250 e. The molecule has 0 spiro atoms. The third kappa shape index (κ3) is 3.98. The molecule has 2 N–H and O–H groups in total. The topological polar surface area (TPSA) is 109 Å². The molecule has 7 nitrogen and oxygen atoms in total. The standard InChI is InChI=1S/C16H18N2O5S3/c19-16-14(8-4-5-9-17-16)18-26(22,23)15-10-13(11-24-15)25(20,21)12-6-2-1-3-7-12/h1-3,6-7,10-11,14,18H,4-5,8-9H2,(H,17,19)/t14-/m0/s1. The van der Waals surface area contributed by atoms with Crippen LogP contribution in [0.3, 0.4) is 0 Å². The zero-order valence-corrected chi connectivity index (χ0v) is 16.2. The third-order valence-corrected chi connectivity index (χ3v) is 8.82. The Balaban J connectivity index is 1.85. The molecule has 10 heteroatoms. The highest BCUT2D eigenvalue weighted by atomic mass is 32.2. The molecule has 3 rings (SSSR count). The predicted octanol–water partition coefficient (Wildman–Crippen LogP) is 1.53. The van der Waals surface area contributed by atoms with Gasteiger partial charge in [0.15, 0.2) is 0 Å². The zero-order chi connectivity index (χ0) is 18.8. The van der Waals surface area contributed by atoms with Crippen LogP contribution in [-0.2, 0) is 24.7 Å². The van der Waals surface area contributed by atoms with Gasteiger partial charge in [0, 0.05) is 11.9 Å². The third-order valence-electron chi connectivity index (χ3n) is 4.01. The molecule has 1 aliphatic heterocycles. The zero-order valence-electron chi connectivity index (χ0n) is 13.7. The summed E-state index contributed by atoms with van der Waals surface area (Å²) in [6.45, 7) is 0.523. The molecule has 1 aromatic heterocycles. The summed E-state index contributed by atoms with van der Waals surface area (Å²) in [6, 6.07) is 8.09. The van der Waals surface area contributed by atoms with E-state index >= 15 is 0 Å². The summed E-state index contributed by atoms with van der Waals surface area (Å²) in [5.74, 6) is -0.361. The molecule has 1 saturated heterocycles. The van der Waals surface area contributed by atoms with E-state index in [4.69, 9.17) is 0 Å². The number of sulfone groups is 1. The van der Waals surface area contributed by atoms with Crippen molar-refractivity contribution in [3.05, 3.63) is 41.8 Å². The van der Waals surface area contributed by atoms with Gasteiger partial charge in [0.2, 0.25) is 15.7 Å². The fraction of sp³-hybridized carbons (Fsp3) is 0.312. The highest BCUT2D eigenvalue weighted by Gasteiger charge is 2.29. The highest BCUT2D eigenvalue weighted by molar-refractivity contribution is 7.93. The second-order valence-electron chi connectivity index (χ2n) is 5.88. The van der Waals surface area contributed by atoms with Crippen molar-refractivity contribution >= 4 is 37.1 Å². The van der Waals surface area contributed by atoms with Crippen molar-refractivity contribution in [3.63, 3.8) is 0 Å². The molecule has 1 aliphatic rings. The molecular weight excluding hydrogens is 396 g/mol. The molecule has 0 bridgehead atoms. The predicted molar refractivity (Wildman–Crippen MR) is 97.2 cm³/mol. The van der Waals surface area contributed by atoms with E-state index in [9.17, 15) is 21.6 Å². The monoisotopic (exact) mass is 414 g/mol. The first kappa shape index (κ1) is 19.0. The van der Waals surface area contributed by atoms with Gasteiger partial charge in [-0.15, -0.1) is 11.3 Å². The molecule has 0 aliphatic carbocycles. The van der Waals surface area contributed by atoms with Gasteiger partial charge in [-0.25, -0.2) is 16.8 Å². The lowest BCUT2D eigenvalue weighted by Gasteiger charge is -2.14. The van der Waals surface area contributed by atoms with Gasteiger partial charge in [0.1, 0.15) is 10.3 Å². The van der Waals surface area contributed by atoms with Crippen molar-refractivity contribution in [1.29, 1.82) is 0 Å². The van der Waals surface area contributed by atoms with E-state index in [2.05, 4.69) is 10.0 Å². The van der Waals surface area contributed by atoms with E-state index in [1.165, 1.54) is 17.5 Å². The Labute approximate surface area is 156 Å². The summed E-state index contributed by atoms with van der Waals surface area (Å²) in [7, 11) is -7.78. The fourth-order valence-electron chi connectivity index (χ4n) is 2.62. The second-order valence-corrected chi connectivity index (χ2v) is 10.7. The molecule has 2 aromatic rings. The van der Waals surface area contributed by atoms with Crippen molar-refractivity contribution in [3.8, 4) is 0 Å². The molecule has 2 heterocycles. The van der Waals surface area contributed by atoms with Crippen LogP contribution in [0.5, 0.6) is 0 Å². The summed E-state index contributed by atoms with van der Waals surface area (Å²) in [4.78, 5) is 12.0.